The molecule has 3 rings (SSSR count). The molecule has 0 unspecified atom stereocenters. The molecule has 1 aromatic carbocycles. The Morgan fingerprint density at radius 2 is 1.62 bits per heavy atom. The lowest BCUT2D eigenvalue weighted by Crippen LogP contribution is -2.46. The van der Waals surface area contributed by atoms with Crippen molar-refractivity contribution in [2.24, 2.45) is 0 Å². The molecule has 136 valence electrons. The van der Waals surface area contributed by atoms with Crippen LogP contribution in [0.2, 0.25) is 0 Å². The molecule has 1 aliphatic rings. The predicted molar refractivity (Wildman–Crippen MR) is 100 cm³/mol. The average molecular weight is 353 g/mol. The molecule has 0 aliphatic carbocycles. The minimum Gasteiger partial charge on any atom is -0.342 e. The van der Waals surface area contributed by atoms with E-state index >= 15 is 0 Å². The number of nitrogens with one attached hydrogen (secondary N) is 1. The average Bonchev–Trinajstić information content (AvgIpc) is 2.64. The van der Waals surface area contributed by atoms with Gasteiger partial charge >= 0.3 is 0 Å². The second-order valence-electron chi connectivity index (χ2n) is 6.63. The molecule has 0 bridgehead atoms. The van der Waals surface area contributed by atoms with Crippen LogP contribution in [0.3, 0.4) is 0 Å². The van der Waals surface area contributed by atoms with Crippen molar-refractivity contribution in [3.63, 3.8) is 0 Å². The first-order chi connectivity index (χ1) is 12.5. The smallest absolute Gasteiger partial charge is 0.258 e. The maximum Gasteiger partial charge on any atom is 0.258 e. The van der Waals surface area contributed by atoms with Gasteiger partial charge in [-0.25, -0.2) is 9.97 Å². The van der Waals surface area contributed by atoms with E-state index in [1.807, 2.05) is 37.8 Å². The highest BCUT2D eigenvalue weighted by Gasteiger charge is 2.18. The zero-order valence-electron chi connectivity index (χ0n) is 15.3. The summed E-state index contributed by atoms with van der Waals surface area (Å²) in [6.45, 7) is 8.68. The molecule has 26 heavy (non-hydrogen) atoms. The zero-order chi connectivity index (χ0) is 18.7. The van der Waals surface area contributed by atoms with Crippen molar-refractivity contribution in [1.82, 2.24) is 14.9 Å². The molecule has 1 fully saturated rings. The molecule has 1 aromatic heterocycles. The number of aromatic nitrogens is 2. The molecule has 0 atom stereocenters. The van der Waals surface area contributed by atoms with E-state index in [0.29, 0.717) is 37.7 Å². The summed E-state index contributed by atoms with van der Waals surface area (Å²) in [5.74, 6) is 0.354. The van der Waals surface area contributed by atoms with Crippen molar-refractivity contribution in [3.8, 4) is 0 Å². The van der Waals surface area contributed by atoms with Gasteiger partial charge in [0, 0.05) is 44.3 Å². The number of anilines is 2. The summed E-state index contributed by atoms with van der Waals surface area (Å²) in [5.41, 5.74) is 4.47. The van der Waals surface area contributed by atoms with Crippen molar-refractivity contribution in [2.45, 2.75) is 20.8 Å². The molecule has 0 saturated carbocycles. The van der Waals surface area contributed by atoms with Gasteiger partial charge in [0.1, 0.15) is 0 Å². The number of piperazine rings is 1. The van der Waals surface area contributed by atoms with Gasteiger partial charge in [0.05, 0.1) is 5.56 Å². The summed E-state index contributed by atoms with van der Waals surface area (Å²) < 4.78 is 0. The number of benzene rings is 1. The van der Waals surface area contributed by atoms with Crippen LogP contribution in [0, 0.1) is 20.8 Å². The fourth-order valence-electron chi connectivity index (χ4n) is 3.19. The van der Waals surface area contributed by atoms with Crippen LogP contribution in [0.25, 0.3) is 0 Å². The molecule has 1 N–H and O–H groups in total. The van der Waals surface area contributed by atoms with Crippen molar-refractivity contribution < 1.29 is 9.59 Å². The number of rotatable bonds is 4. The molecular formula is C19H23N5O2. The van der Waals surface area contributed by atoms with Gasteiger partial charge in [0.15, 0.2) is 0 Å². The van der Waals surface area contributed by atoms with Crippen molar-refractivity contribution in [1.29, 1.82) is 0 Å². The lowest BCUT2D eigenvalue weighted by molar-refractivity contribution is -0.118. The molecule has 1 aliphatic heterocycles. The van der Waals surface area contributed by atoms with Crippen LogP contribution < -0.4 is 10.2 Å². The van der Waals surface area contributed by atoms with Crippen LogP contribution in [-0.4, -0.2) is 53.4 Å². The van der Waals surface area contributed by atoms with Gasteiger partial charge in [0.2, 0.25) is 12.4 Å². The Balaban J connectivity index is 1.69. The molecule has 7 nitrogen and oxygen atoms in total. The Hall–Kier alpha value is -2.96. The van der Waals surface area contributed by atoms with E-state index in [-0.39, 0.29) is 5.91 Å². The van der Waals surface area contributed by atoms with Crippen LogP contribution in [0.15, 0.2) is 24.5 Å². The normalized spacial score (nSPS) is 14.3. The predicted octanol–water partition coefficient (Wildman–Crippen LogP) is 1.93. The van der Waals surface area contributed by atoms with E-state index < -0.39 is 0 Å². The number of carbonyl (C=O) groups is 2. The van der Waals surface area contributed by atoms with E-state index in [2.05, 4.69) is 15.3 Å². The summed E-state index contributed by atoms with van der Waals surface area (Å²) >= 11 is 0. The Morgan fingerprint density at radius 1 is 1.04 bits per heavy atom. The summed E-state index contributed by atoms with van der Waals surface area (Å²) in [7, 11) is 0. The standard InChI is InChI=1S/C19H23N5O2/c1-13-8-14(2)17(15(3)9-13)22-18(26)16-10-20-19(21-11-16)24-6-4-23(12-25)5-7-24/h8-12H,4-7H2,1-3H3,(H,22,26). The van der Waals surface area contributed by atoms with Gasteiger partial charge in [-0.2, -0.15) is 0 Å². The van der Waals surface area contributed by atoms with Gasteiger partial charge in [-0.05, 0) is 31.9 Å². The number of nitrogens with zero attached hydrogens (tertiary/aromatic N) is 4. The maximum atomic E-state index is 12.5. The first-order valence-corrected chi connectivity index (χ1v) is 8.63. The van der Waals surface area contributed by atoms with E-state index in [1.54, 1.807) is 17.3 Å². The Morgan fingerprint density at radius 3 is 2.15 bits per heavy atom. The highest BCUT2D eigenvalue weighted by Crippen LogP contribution is 2.22. The van der Waals surface area contributed by atoms with E-state index in [4.69, 9.17) is 0 Å². The second-order valence-corrected chi connectivity index (χ2v) is 6.63. The summed E-state index contributed by atoms with van der Waals surface area (Å²) in [6, 6.07) is 4.09. The van der Waals surface area contributed by atoms with E-state index in [1.165, 1.54) is 5.56 Å². The fourth-order valence-corrected chi connectivity index (χ4v) is 3.19. The Labute approximate surface area is 153 Å². The first kappa shape index (κ1) is 17.8. The minimum atomic E-state index is -0.225. The summed E-state index contributed by atoms with van der Waals surface area (Å²) in [4.78, 5) is 35.7. The Kier molecular flexibility index (Phi) is 5.16. The Bertz CT molecular complexity index is 788. The van der Waals surface area contributed by atoms with Gasteiger partial charge in [-0.1, -0.05) is 17.7 Å². The van der Waals surface area contributed by atoms with Crippen molar-refractivity contribution in [3.05, 3.63) is 46.8 Å². The molecule has 1 saturated heterocycles. The largest absolute Gasteiger partial charge is 0.342 e. The van der Waals surface area contributed by atoms with Crippen molar-refractivity contribution >= 4 is 24.0 Å². The third kappa shape index (κ3) is 3.82. The second kappa shape index (κ2) is 7.51. The van der Waals surface area contributed by atoms with Crippen molar-refractivity contribution in [2.75, 3.05) is 36.4 Å². The first-order valence-electron chi connectivity index (χ1n) is 8.63. The molecule has 2 aromatic rings. The molecular weight excluding hydrogens is 330 g/mol. The van der Waals surface area contributed by atoms with Crippen LogP contribution in [0.1, 0.15) is 27.0 Å². The highest BCUT2D eigenvalue weighted by atomic mass is 16.1. The topological polar surface area (TPSA) is 78.4 Å². The van der Waals surface area contributed by atoms with Crippen LogP contribution in [0.4, 0.5) is 11.6 Å². The summed E-state index contributed by atoms with van der Waals surface area (Å²) in [5, 5.41) is 2.96. The third-order valence-electron chi connectivity index (χ3n) is 4.56. The number of hydrogen-bond donors (Lipinski definition) is 1. The third-order valence-corrected chi connectivity index (χ3v) is 4.56. The molecule has 0 radical (unpaired) electrons. The number of carbonyl (C=O) groups excluding carboxylic acids is 2. The number of amides is 2. The maximum absolute atomic E-state index is 12.5. The quantitative estimate of drug-likeness (QED) is 0.850. The van der Waals surface area contributed by atoms with E-state index in [0.717, 1.165) is 23.2 Å². The molecule has 0 spiro atoms. The number of aryl methyl sites for hydroxylation is 3. The van der Waals surface area contributed by atoms with Crippen LogP contribution >= 0.6 is 0 Å². The lowest BCUT2D eigenvalue weighted by Gasteiger charge is -2.32. The molecule has 2 amide bonds. The SMILES string of the molecule is Cc1cc(C)c(NC(=O)c2cnc(N3CCN(C=O)CC3)nc2)c(C)c1. The van der Waals surface area contributed by atoms with Gasteiger partial charge in [-0.3, -0.25) is 9.59 Å². The van der Waals surface area contributed by atoms with Gasteiger partial charge < -0.3 is 15.1 Å². The molecule has 7 heteroatoms. The number of hydrogen-bond acceptors (Lipinski definition) is 5. The minimum absolute atomic E-state index is 0.225. The zero-order valence-corrected chi connectivity index (χ0v) is 15.3. The van der Waals surface area contributed by atoms with Crippen LogP contribution in [-0.2, 0) is 4.79 Å². The fraction of sp³-hybridized carbons (Fsp3) is 0.368. The van der Waals surface area contributed by atoms with Gasteiger partial charge in [0.25, 0.3) is 5.91 Å². The molecule has 2 heterocycles. The van der Waals surface area contributed by atoms with Crippen LogP contribution in [0.5, 0.6) is 0 Å². The van der Waals surface area contributed by atoms with E-state index in [9.17, 15) is 9.59 Å². The summed E-state index contributed by atoms with van der Waals surface area (Å²) in [6.07, 6.45) is 3.95. The highest BCUT2D eigenvalue weighted by molar-refractivity contribution is 6.04. The monoisotopic (exact) mass is 353 g/mol. The van der Waals surface area contributed by atoms with Gasteiger partial charge in [-0.15, -0.1) is 0 Å². The lowest BCUT2D eigenvalue weighted by atomic mass is 10.0.